The summed E-state index contributed by atoms with van der Waals surface area (Å²) >= 11 is 7.49. The van der Waals surface area contributed by atoms with Crippen molar-refractivity contribution in [2.24, 2.45) is 0 Å². The van der Waals surface area contributed by atoms with Crippen molar-refractivity contribution < 1.29 is 4.79 Å². The number of halogens is 1. The summed E-state index contributed by atoms with van der Waals surface area (Å²) in [6.07, 6.45) is 6.86. The second-order valence-corrected chi connectivity index (χ2v) is 6.83. The van der Waals surface area contributed by atoms with E-state index in [1.165, 1.54) is 11.3 Å². The molecule has 0 aliphatic carbocycles. The van der Waals surface area contributed by atoms with Crippen molar-refractivity contribution in [3.63, 3.8) is 0 Å². The molecule has 118 valence electrons. The van der Waals surface area contributed by atoms with Gasteiger partial charge in [-0.2, -0.15) is 0 Å². The van der Waals surface area contributed by atoms with E-state index in [-0.39, 0.29) is 12.1 Å². The maximum atomic E-state index is 12.6. The lowest BCUT2D eigenvalue weighted by molar-refractivity contribution is 0.157. The number of aryl methyl sites for hydroxylation is 1. The Labute approximate surface area is 138 Å². The van der Waals surface area contributed by atoms with E-state index in [2.05, 4.69) is 21.8 Å². The zero-order valence-corrected chi connectivity index (χ0v) is 14.0. The molecule has 2 aromatic rings. The molecule has 3 rings (SSSR count). The van der Waals surface area contributed by atoms with Crippen molar-refractivity contribution in [1.29, 1.82) is 0 Å². The molecule has 1 saturated heterocycles. The van der Waals surface area contributed by atoms with Crippen molar-refractivity contribution in [1.82, 2.24) is 14.5 Å². The van der Waals surface area contributed by atoms with E-state index >= 15 is 0 Å². The number of piperidine rings is 1. The maximum Gasteiger partial charge on any atom is 0.322 e. The SMILES string of the molecule is CCn1ccnc1[C@H]1CCCCN1C(=O)Nc1ccsc1Cl. The fourth-order valence-electron chi connectivity index (χ4n) is 2.90. The number of rotatable bonds is 3. The molecule has 1 aliphatic rings. The third kappa shape index (κ3) is 2.98. The monoisotopic (exact) mass is 338 g/mol. The van der Waals surface area contributed by atoms with Crippen molar-refractivity contribution in [3.05, 3.63) is 34.0 Å². The van der Waals surface area contributed by atoms with Crippen LogP contribution in [0.1, 0.15) is 38.1 Å². The van der Waals surface area contributed by atoms with Crippen LogP contribution in [0.2, 0.25) is 4.34 Å². The van der Waals surface area contributed by atoms with Gasteiger partial charge in [-0.25, -0.2) is 9.78 Å². The number of carbonyl (C=O) groups excluding carboxylic acids is 1. The second kappa shape index (κ2) is 6.71. The minimum Gasteiger partial charge on any atom is -0.333 e. The van der Waals surface area contributed by atoms with Gasteiger partial charge in [0.25, 0.3) is 0 Å². The predicted molar refractivity (Wildman–Crippen MR) is 89.5 cm³/mol. The molecule has 3 heterocycles. The standard InChI is InChI=1S/C15H19ClN4OS/c1-2-19-9-7-17-14(19)12-5-3-4-8-20(12)15(21)18-11-6-10-22-13(11)16/h6-7,9-10,12H,2-5,8H2,1H3,(H,18,21)/t12-/m1/s1. The summed E-state index contributed by atoms with van der Waals surface area (Å²) in [6, 6.07) is 1.76. The summed E-state index contributed by atoms with van der Waals surface area (Å²) in [5, 5.41) is 4.79. The topological polar surface area (TPSA) is 50.2 Å². The highest BCUT2D eigenvalue weighted by molar-refractivity contribution is 7.15. The van der Waals surface area contributed by atoms with Crippen LogP contribution in [0.25, 0.3) is 0 Å². The number of amides is 2. The highest BCUT2D eigenvalue weighted by Crippen LogP contribution is 2.32. The highest BCUT2D eigenvalue weighted by atomic mass is 35.5. The summed E-state index contributed by atoms with van der Waals surface area (Å²) < 4.78 is 2.71. The van der Waals surface area contributed by atoms with Crippen molar-refractivity contribution in [2.45, 2.75) is 38.8 Å². The molecule has 0 aromatic carbocycles. The van der Waals surface area contributed by atoms with E-state index in [1.807, 2.05) is 22.5 Å². The van der Waals surface area contributed by atoms with Gasteiger partial charge >= 0.3 is 6.03 Å². The molecule has 0 bridgehead atoms. The normalized spacial score (nSPS) is 18.5. The largest absolute Gasteiger partial charge is 0.333 e. The Morgan fingerprint density at radius 1 is 1.55 bits per heavy atom. The molecular weight excluding hydrogens is 320 g/mol. The summed E-state index contributed by atoms with van der Waals surface area (Å²) in [4.78, 5) is 19.0. The highest BCUT2D eigenvalue weighted by Gasteiger charge is 2.31. The molecule has 5 nitrogen and oxygen atoms in total. The number of nitrogens with zero attached hydrogens (tertiary/aromatic N) is 3. The fraction of sp³-hybridized carbons (Fsp3) is 0.467. The molecule has 2 aromatic heterocycles. The number of carbonyl (C=O) groups is 1. The van der Waals surface area contributed by atoms with Crippen LogP contribution in [0.3, 0.4) is 0 Å². The number of likely N-dealkylation sites (tertiary alicyclic amines) is 1. The van der Waals surface area contributed by atoms with Crippen LogP contribution in [0.5, 0.6) is 0 Å². The van der Waals surface area contributed by atoms with Gasteiger partial charge in [-0.1, -0.05) is 11.6 Å². The first-order valence-electron chi connectivity index (χ1n) is 7.52. The molecule has 0 radical (unpaired) electrons. The molecule has 2 amide bonds. The fourth-order valence-corrected chi connectivity index (χ4v) is 3.73. The number of anilines is 1. The number of urea groups is 1. The zero-order chi connectivity index (χ0) is 15.5. The number of hydrogen-bond acceptors (Lipinski definition) is 3. The van der Waals surface area contributed by atoms with Crippen LogP contribution >= 0.6 is 22.9 Å². The third-order valence-electron chi connectivity index (χ3n) is 4.01. The Morgan fingerprint density at radius 3 is 3.14 bits per heavy atom. The van der Waals surface area contributed by atoms with Gasteiger partial charge in [-0.05, 0) is 37.6 Å². The van der Waals surface area contributed by atoms with Crippen LogP contribution in [-0.4, -0.2) is 27.0 Å². The van der Waals surface area contributed by atoms with Gasteiger partial charge in [-0.15, -0.1) is 11.3 Å². The first kappa shape index (κ1) is 15.4. The Bertz CT molecular complexity index is 654. The molecule has 1 fully saturated rings. The van der Waals surface area contributed by atoms with Gasteiger partial charge in [0.1, 0.15) is 10.2 Å². The lowest BCUT2D eigenvalue weighted by Crippen LogP contribution is -2.42. The van der Waals surface area contributed by atoms with E-state index in [9.17, 15) is 4.79 Å². The summed E-state index contributed by atoms with van der Waals surface area (Å²) in [5.74, 6) is 0.966. The Morgan fingerprint density at radius 2 is 2.41 bits per heavy atom. The molecule has 0 spiro atoms. The third-order valence-corrected chi connectivity index (χ3v) is 5.18. The van der Waals surface area contributed by atoms with Crippen LogP contribution in [0.4, 0.5) is 10.5 Å². The molecule has 22 heavy (non-hydrogen) atoms. The Hall–Kier alpha value is -1.53. The predicted octanol–water partition coefficient (Wildman–Crippen LogP) is 4.38. The summed E-state index contributed by atoms with van der Waals surface area (Å²) in [7, 11) is 0. The number of thiophene rings is 1. The quantitative estimate of drug-likeness (QED) is 0.903. The van der Waals surface area contributed by atoms with Crippen molar-refractivity contribution >= 4 is 34.7 Å². The van der Waals surface area contributed by atoms with Crippen LogP contribution in [0.15, 0.2) is 23.8 Å². The van der Waals surface area contributed by atoms with Crippen LogP contribution < -0.4 is 5.32 Å². The molecule has 1 aliphatic heterocycles. The van der Waals surface area contributed by atoms with Crippen LogP contribution in [-0.2, 0) is 6.54 Å². The molecule has 1 N–H and O–H groups in total. The minimum atomic E-state index is -0.101. The average molecular weight is 339 g/mol. The number of nitrogens with one attached hydrogen (secondary N) is 1. The Balaban J connectivity index is 1.80. The number of imidazole rings is 1. The first-order chi connectivity index (χ1) is 10.7. The maximum absolute atomic E-state index is 12.6. The minimum absolute atomic E-state index is 0.0288. The summed E-state index contributed by atoms with van der Waals surface area (Å²) in [5.41, 5.74) is 0.680. The van der Waals surface area contributed by atoms with E-state index in [0.29, 0.717) is 10.0 Å². The van der Waals surface area contributed by atoms with Crippen molar-refractivity contribution in [3.8, 4) is 0 Å². The van der Waals surface area contributed by atoms with E-state index in [0.717, 1.165) is 38.2 Å². The average Bonchev–Trinajstić information content (AvgIpc) is 3.16. The second-order valence-electron chi connectivity index (χ2n) is 5.31. The van der Waals surface area contributed by atoms with Gasteiger partial charge < -0.3 is 14.8 Å². The lowest BCUT2D eigenvalue weighted by Gasteiger charge is -2.35. The van der Waals surface area contributed by atoms with E-state index < -0.39 is 0 Å². The number of aromatic nitrogens is 2. The van der Waals surface area contributed by atoms with Gasteiger partial charge in [0.05, 0.1) is 11.7 Å². The molecular formula is C15H19ClN4OS. The van der Waals surface area contributed by atoms with Gasteiger partial charge in [0.15, 0.2) is 0 Å². The number of hydrogen-bond donors (Lipinski definition) is 1. The molecule has 7 heteroatoms. The molecule has 0 saturated carbocycles. The zero-order valence-electron chi connectivity index (χ0n) is 12.5. The smallest absolute Gasteiger partial charge is 0.322 e. The van der Waals surface area contributed by atoms with Crippen LogP contribution in [0, 0.1) is 0 Å². The van der Waals surface area contributed by atoms with Gasteiger partial charge in [0.2, 0.25) is 0 Å². The van der Waals surface area contributed by atoms with E-state index in [4.69, 9.17) is 11.6 Å². The molecule has 0 unspecified atom stereocenters. The van der Waals surface area contributed by atoms with Crippen molar-refractivity contribution in [2.75, 3.05) is 11.9 Å². The van der Waals surface area contributed by atoms with E-state index in [1.54, 1.807) is 6.20 Å². The van der Waals surface area contributed by atoms with Gasteiger partial charge in [-0.3, -0.25) is 0 Å². The molecule has 1 atom stereocenters. The lowest BCUT2D eigenvalue weighted by atomic mass is 10.0. The summed E-state index contributed by atoms with van der Waals surface area (Å²) in [6.45, 7) is 3.69. The van der Waals surface area contributed by atoms with Gasteiger partial charge in [0, 0.05) is 25.5 Å². The first-order valence-corrected chi connectivity index (χ1v) is 8.78. The Kier molecular flexibility index (Phi) is 4.69.